The van der Waals surface area contributed by atoms with E-state index in [4.69, 9.17) is 4.74 Å². The van der Waals surface area contributed by atoms with Gasteiger partial charge in [0.1, 0.15) is 0 Å². The van der Waals surface area contributed by atoms with E-state index in [1.54, 1.807) is 12.1 Å². The van der Waals surface area contributed by atoms with Gasteiger partial charge in [0.2, 0.25) is 0 Å². The molecule has 128 valence electrons. The molecular weight excluding hydrogens is 306 g/mol. The van der Waals surface area contributed by atoms with Gasteiger partial charge in [0.15, 0.2) is 23.4 Å². The molecule has 0 spiro atoms. The number of aromatic hydroxyl groups is 1. The summed E-state index contributed by atoms with van der Waals surface area (Å²) in [6.07, 6.45) is 2.96. The van der Waals surface area contributed by atoms with Crippen LogP contribution in [0.2, 0.25) is 0 Å². The van der Waals surface area contributed by atoms with Crippen LogP contribution in [0.5, 0.6) is 11.5 Å². The van der Waals surface area contributed by atoms with Crippen molar-refractivity contribution < 1.29 is 19.7 Å². The van der Waals surface area contributed by atoms with Crippen LogP contribution in [-0.4, -0.2) is 40.3 Å². The molecule has 0 saturated heterocycles. The molecule has 5 nitrogen and oxygen atoms in total. The second kappa shape index (κ2) is 5.07. The minimum atomic E-state index is -1.09. The highest BCUT2D eigenvalue weighted by atomic mass is 16.5. The lowest BCUT2D eigenvalue weighted by molar-refractivity contribution is -0.158. The first-order chi connectivity index (χ1) is 11.5. The van der Waals surface area contributed by atoms with Gasteiger partial charge in [-0.1, -0.05) is 19.1 Å². The van der Waals surface area contributed by atoms with Gasteiger partial charge in [-0.25, -0.2) is 0 Å². The quantitative estimate of drug-likeness (QED) is 0.731. The Balaban J connectivity index is 1.98. The molecule has 0 amide bonds. The van der Waals surface area contributed by atoms with Crippen molar-refractivity contribution in [3.8, 4) is 11.5 Å². The molecule has 1 aliphatic heterocycles. The first-order valence-electron chi connectivity index (χ1n) is 8.61. The number of Topliss-reactive ketones (excluding diaryl/α,β-unsaturated/α-hetero) is 1. The number of hydrogen-bond acceptors (Lipinski definition) is 5. The largest absolute Gasteiger partial charge is 0.504 e. The summed E-state index contributed by atoms with van der Waals surface area (Å²) in [5.74, 6) is 0.436. The lowest BCUT2D eigenvalue weighted by Crippen LogP contribution is -2.72. The Bertz CT molecular complexity index is 730. The van der Waals surface area contributed by atoms with Crippen LogP contribution in [0.4, 0.5) is 0 Å². The number of hydrogen-bond donors (Lipinski definition) is 3. The van der Waals surface area contributed by atoms with Crippen molar-refractivity contribution in [1.82, 2.24) is 5.32 Å². The molecule has 24 heavy (non-hydrogen) atoms. The van der Waals surface area contributed by atoms with Gasteiger partial charge in [-0.05, 0) is 30.9 Å². The Labute approximate surface area is 141 Å². The van der Waals surface area contributed by atoms with E-state index in [9.17, 15) is 15.0 Å². The number of benzene rings is 1. The molecule has 2 unspecified atom stereocenters. The van der Waals surface area contributed by atoms with E-state index in [2.05, 4.69) is 11.9 Å². The van der Waals surface area contributed by atoms with Gasteiger partial charge in [0.25, 0.3) is 0 Å². The summed E-state index contributed by atoms with van der Waals surface area (Å²) >= 11 is 0. The SMILES string of the molecule is C=CCNC1Cc2ccc(O)c3c2[C@]2(CC)C(O3)C(=O)CC[C@]12O. The van der Waals surface area contributed by atoms with Crippen molar-refractivity contribution in [3.63, 3.8) is 0 Å². The van der Waals surface area contributed by atoms with Crippen LogP contribution in [0.3, 0.4) is 0 Å². The number of rotatable bonds is 4. The highest BCUT2D eigenvalue weighted by molar-refractivity contribution is 5.89. The summed E-state index contributed by atoms with van der Waals surface area (Å²) in [6, 6.07) is 3.32. The second-order valence-electron chi connectivity index (χ2n) is 7.11. The monoisotopic (exact) mass is 329 g/mol. The summed E-state index contributed by atoms with van der Waals surface area (Å²) in [5.41, 5.74) is -0.0200. The molecule has 1 aromatic carbocycles. The van der Waals surface area contributed by atoms with Gasteiger partial charge in [0, 0.05) is 24.6 Å². The van der Waals surface area contributed by atoms with Gasteiger partial charge >= 0.3 is 0 Å². The average Bonchev–Trinajstić information content (AvgIpc) is 2.95. The Morgan fingerprint density at radius 2 is 2.29 bits per heavy atom. The highest BCUT2D eigenvalue weighted by Gasteiger charge is 2.70. The maximum atomic E-state index is 12.6. The Hall–Kier alpha value is -1.85. The van der Waals surface area contributed by atoms with Crippen molar-refractivity contribution in [1.29, 1.82) is 0 Å². The number of ketones is 1. The number of phenols is 1. The summed E-state index contributed by atoms with van der Waals surface area (Å²) in [7, 11) is 0. The van der Waals surface area contributed by atoms with Crippen LogP contribution in [-0.2, 0) is 16.6 Å². The first-order valence-corrected chi connectivity index (χ1v) is 8.61. The zero-order valence-electron chi connectivity index (χ0n) is 13.8. The Kier molecular flexibility index (Phi) is 3.31. The number of ether oxygens (including phenoxy) is 1. The van der Waals surface area contributed by atoms with Crippen molar-refractivity contribution in [3.05, 3.63) is 35.9 Å². The third-order valence-corrected chi connectivity index (χ3v) is 6.24. The van der Waals surface area contributed by atoms with Gasteiger partial charge in [-0.15, -0.1) is 6.58 Å². The predicted molar refractivity (Wildman–Crippen MR) is 89.4 cm³/mol. The van der Waals surface area contributed by atoms with Crippen LogP contribution in [0.25, 0.3) is 0 Å². The maximum absolute atomic E-state index is 12.6. The molecule has 1 aromatic rings. The van der Waals surface area contributed by atoms with Gasteiger partial charge in [-0.2, -0.15) is 0 Å². The highest BCUT2D eigenvalue weighted by Crippen LogP contribution is 2.62. The molecular formula is C19H23NO4. The Morgan fingerprint density at radius 1 is 1.50 bits per heavy atom. The fraction of sp³-hybridized carbons (Fsp3) is 0.526. The number of carbonyl (C=O) groups is 1. The number of phenolic OH excluding ortho intramolecular Hbond substituents is 1. The summed E-state index contributed by atoms with van der Waals surface area (Å²) < 4.78 is 5.95. The van der Waals surface area contributed by atoms with Gasteiger partial charge in [0.05, 0.1) is 11.0 Å². The molecule has 3 aliphatic rings. The van der Waals surface area contributed by atoms with E-state index >= 15 is 0 Å². The normalized spacial score (nSPS) is 36.2. The van der Waals surface area contributed by atoms with Gasteiger partial charge < -0.3 is 20.3 Å². The number of aliphatic hydroxyl groups is 1. The van der Waals surface area contributed by atoms with Crippen LogP contribution >= 0.6 is 0 Å². The lowest BCUT2D eigenvalue weighted by atomic mass is 9.51. The van der Waals surface area contributed by atoms with Crippen LogP contribution in [0.1, 0.15) is 37.3 Å². The number of carbonyl (C=O) groups excluding carboxylic acids is 1. The van der Waals surface area contributed by atoms with E-state index in [0.717, 1.165) is 11.1 Å². The number of nitrogens with one attached hydrogen (secondary N) is 1. The smallest absolute Gasteiger partial charge is 0.174 e. The summed E-state index contributed by atoms with van der Waals surface area (Å²) in [6.45, 7) is 6.32. The first kappa shape index (κ1) is 15.7. The molecule has 4 atom stereocenters. The topological polar surface area (TPSA) is 78.8 Å². The average molecular weight is 329 g/mol. The maximum Gasteiger partial charge on any atom is 0.174 e. The molecule has 0 radical (unpaired) electrons. The molecule has 1 saturated carbocycles. The van der Waals surface area contributed by atoms with E-state index in [1.165, 1.54) is 0 Å². The van der Waals surface area contributed by atoms with Crippen LogP contribution < -0.4 is 10.1 Å². The molecule has 2 aliphatic carbocycles. The minimum absolute atomic E-state index is 0.00689. The fourth-order valence-electron chi connectivity index (χ4n) is 5.20. The third-order valence-electron chi connectivity index (χ3n) is 6.24. The zero-order valence-corrected chi connectivity index (χ0v) is 13.8. The van der Waals surface area contributed by atoms with E-state index < -0.39 is 17.1 Å². The van der Waals surface area contributed by atoms with E-state index in [0.29, 0.717) is 38.0 Å². The van der Waals surface area contributed by atoms with Crippen molar-refractivity contribution in [2.75, 3.05) is 6.54 Å². The zero-order chi connectivity index (χ0) is 17.1. The van der Waals surface area contributed by atoms with Crippen molar-refractivity contribution >= 4 is 5.78 Å². The minimum Gasteiger partial charge on any atom is -0.504 e. The van der Waals surface area contributed by atoms with Crippen molar-refractivity contribution in [2.24, 2.45) is 0 Å². The lowest BCUT2D eigenvalue weighted by Gasteiger charge is -2.56. The van der Waals surface area contributed by atoms with Crippen molar-refractivity contribution in [2.45, 2.75) is 55.8 Å². The van der Waals surface area contributed by atoms with Gasteiger partial charge in [-0.3, -0.25) is 4.79 Å². The molecule has 3 N–H and O–H groups in total. The molecule has 4 rings (SSSR count). The Morgan fingerprint density at radius 3 is 3.00 bits per heavy atom. The predicted octanol–water partition coefficient (Wildman–Crippen LogP) is 1.60. The van der Waals surface area contributed by atoms with E-state index in [1.807, 2.05) is 13.0 Å². The van der Waals surface area contributed by atoms with Crippen LogP contribution in [0, 0.1) is 0 Å². The van der Waals surface area contributed by atoms with Crippen LogP contribution in [0.15, 0.2) is 24.8 Å². The summed E-state index contributed by atoms with van der Waals surface area (Å²) in [5, 5.41) is 25.4. The molecule has 1 fully saturated rings. The third kappa shape index (κ3) is 1.64. The second-order valence-corrected chi connectivity index (χ2v) is 7.11. The molecule has 0 bridgehead atoms. The molecule has 0 aromatic heterocycles. The summed E-state index contributed by atoms with van der Waals surface area (Å²) in [4.78, 5) is 12.6. The molecule has 5 heteroatoms. The molecule has 1 heterocycles. The fourth-order valence-corrected chi connectivity index (χ4v) is 5.20. The van der Waals surface area contributed by atoms with E-state index in [-0.39, 0.29) is 17.6 Å². The standard InChI is InChI=1S/C19H23NO4/c1-3-9-20-14-10-11-5-6-12(21)16-15(11)18(4-2)17(24-16)13(22)7-8-19(14,18)23/h3,5-6,14,17,20-21,23H,1,4,7-10H2,2H3/t14?,17?,18-,19+/m1/s1.